The average Bonchev–Trinajstić information content (AvgIpc) is 3.04. The molecule has 2 N–H and O–H groups in total. The van der Waals surface area contributed by atoms with Crippen molar-refractivity contribution in [3.8, 4) is 0 Å². The highest BCUT2D eigenvalue weighted by molar-refractivity contribution is 8.00. The number of rotatable bonds is 7. The van der Waals surface area contributed by atoms with E-state index in [2.05, 4.69) is 53.6 Å². The van der Waals surface area contributed by atoms with E-state index < -0.39 is 0 Å². The summed E-state index contributed by atoms with van der Waals surface area (Å²) in [6.45, 7) is 5.31. The van der Waals surface area contributed by atoms with Gasteiger partial charge < -0.3 is 15.4 Å². The summed E-state index contributed by atoms with van der Waals surface area (Å²) in [6.07, 6.45) is 2.66. The molecule has 1 aliphatic heterocycles. The van der Waals surface area contributed by atoms with E-state index in [4.69, 9.17) is 9.73 Å². The van der Waals surface area contributed by atoms with Crippen LogP contribution < -0.4 is 10.6 Å². The summed E-state index contributed by atoms with van der Waals surface area (Å²) < 4.78 is 5.18. The van der Waals surface area contributed by atoms with Crippen molar-refractivity contribution >= 4 is 17.7 Å². The highest BCUT2D eigenvalue weighted by atomic mass is 32.2. The van der Waals surface area contributed by atoms with Gasteiger partial charge in [-0.05, 0) is 36.6 Å². The maximum Gasteiger partial charge on any atom is 0.191 e. The number of guanidine groups is 1. The van der Waals surface area contributed by atoms with Crippen LogP contribution in [0.2, 0.25) is 0 Å². The van der Waals surface area contributed by atoms with Gasteiger partial charge in [-0.2, -0.15) is 11.8 Å². The molecule has 0 amide bonds. The van der Waals surface area contributed by atoms with Crippen LogP contribution >= 0.6 is 11.8 Å². The molecule has 1 unspecified atom stereocenters. The second-order valence-electron chi connectivity index (χ2n) is 5.46. The smallest absolute Gasteiger partial charge is 0.191 e. The van der Waals surface area contributed by atoms with Gasteiger partial charge in [0.25, 0.3) is 0 Å². The molecule has 1 saturated heterocycles. The Balaban J connectivity index is 1.89. The molecular formula is C17H27N3OS. The molecule has 0 bridgehead atoms. The normalized spacial score (nSPS) is 18.5. The quantitative estimate of drug-likeness (QED) is 0.599. The standard InChI is InChI=1S/C17H27N3OS/c1-3-18-17(20-12-16-8-5-9-22-16)19-11-14-6-4-7-15(10-14)13-21-2/h4,6-7,10,16H,3,5,8-9,11-13H2,1-2H3,(H2,18,19,20). The summed E-state index contributed by atoms with van der Waals surface area (Å²) in [5.41, 5.74) is 2.40. The molecule has 22 heavy (non-hydrogen) atoms. The fraction of sp³-hybridized carbons (Fsp3) is 0.588. The second kappa shape index (κ2) is 9.74. The van der Waals surface area contributed by atoms with Crippen LogP contribution in [0.5, 0.6) is 0 Å². The first-order valence-corrected chi connectivity index (χ1v) is 9.07. The van der Waals surface area contributed by atoms with Crippen LogP contribution in [0.25, 0.3) is 0 Å². The van der Waals surface area contributed by atoms with E-state index in [9.17, 15) is 0 Å². The van der Waals surface area contributed by atoms with Gasteiger partial charge in [0.05, 0.1) is 13.2 Å². The molecular weight excluding hydrogens is 294 g/mol. The van der Waals surface area contributed by atoms with Gasteiger partial charge in [-0.25, -0.2) is 4.99 Å². The second-order valence-corrected chi connectivity index (χ2v) is 6.87. The lowest BCUT2D eigenvalue weighted by Crippen LogP contribution is -2.40. The van der Waals surface area contributed by atoms with Crippen LogP contribution in [-0.4, -0.2) is 37.2 Å². The summed E-state index contributed by atoms with van der Waals surface area (Å²) in [6, 6.07) is 8.41. The third-order valence-electron chi connectivity index (χ3n) is 3.59. The van der Waals surface area contributed by atoms with E-state index in [0.29, 0.717) is 13.2 Å². The van der Waals surface area contributed by atoms with Crippen molar-refractivity contribution < 1.29 is 4.74 Å². The minimum atomic E-state index is 0.648. The van der Waals surface area contributed by atoms with Crippen molar-refractivity contribution in [2.75, 3.05) is 26.0 Å². The van der Waals surface area contributed by atoms with Crippen molar-refractivity contribution in [1.82, 2.24) is 10.6 Å². The van der Waals surface area contributed by atoms with Gasteiger partial charge in [0.2, 0.25) is 0 Å². The molecule has 2 rings (SSSR count). The molecule has 5 heteroatoms. The third kappa shape index (κ3) is 5.89. The Hall–Kier alpha value is -1.20. The van der Waals surface area contributed by atoms with Crippen molar-refractivity contribution in [2.24, 2.45) is 4.99 Å². The fourth-order valence-electron chi connectivity index (χ4n) is 2.51. The Morgan fingerprint density at radius 3 is 2.95 bits per heavy atom. The van der Waals surface area contributed by atoms with E-state index >= 15 is 0 Å². The van der Waals surface area contributed by atoms with Crippen molar-refractivity contribution in [3.63, 3.8) is 0 Å². The largest absolute Gasteiger partial charge is 0.380 e. The topological polar surface area (TPSA) is 45.7 Å². The summed E-state index contributed by atoms with van der Waals surface area (Å²) in [7, 11) is 1.72. The molecule has 0 aliphatic carbocycles. The van der Waals surface area contributed by atoms with Crippen molar-refractivity contribution in [1.29, 1.82) is 0 Å². The highest BCUT2D eigenvalue weighted by Crippen LogP contribution is 2.25. The van der Waals surface area contributed by atoms with Gasteiger partial charge in [-0.15, -0.1) is 0 Å². The molecule has 122 valence electrons. The lowest BCUT2D eigenvalue weighted by Gasteiger charge is -2.14. The molecule has 1 heterocycles. The molecule has 0 spiro atoms. The lowest BCUT2D eigenvalue weighted by atomic mass is 10.1. The predicted molar refractivity (Wildman–Crippen MR) is 95.5 cm³/mol. The van der Waals surface area contributed by atoms with Crippen LogP contribution in [-0.2, 0) is 17.9 Å². The zero-order valence-corrected chi connectivity index (χ0v) is 14.4. The monoisotopic (exact) mass is 321 g/mol. The van der Waals surface area contributed by atoms with Gasteiger partial charge in [-0.1, -0.05) is 24.3 Å². The summed E-state index contributed by atoms with van der Waals surface area (Å²) in [5.74, 6) is 2.21. The van der Waals surface area contributed by atoms with Gasteiger partial charge in [0.15, 0.2) is 5.96 Å². The maximum absolute atomic E-state index is 5.18. The Labute approximate surface area is 138 Å². The minimum Gasteiger partial charge on any atom is -0.380 e. The van der Waals surface area contributed by atoms with Crippen molar-refractivity contribution in [3.05, 3.63) is 35.4 Å². The molecule has 1 fully saturated rings. The minimum absolute atomic E-state index is 0.648. The van der Waals surface area contributed by atoms with Gasteiger partial charge in [-0.3, -0.25) is 0 Å². The first-order chi connectivity index (χ1) is 10.8. The van der Waals surface area contributed by atoms with Gasteiger partial charge in [0.1, 0.15) is 0 Å². The van der Waals surface area contributed by atoms with E-state index in [1.807, 2.05) is 0 Å². The zero-order chi connectivity index (χ0) is 15.6. The maximum atomic E-state index is 5.18. The first-order valence-electron chi connectivity index (χ1n) is 8.02. The number of aliphatic imine (C=N–C) groups is 1. The van der Waals surface area contributed by atoms with Crippen LogP contribution in [0, 0.1) is 0 Å². The number of nitrogens with one attached hydrogen (secondary N) is 2. The van der Waals surface area contributed by atoms with E-state index in [1.54, 1.807) is 7.11 Å². The summed E-state index contributed by atoms with van der Waals surface area (Å²) >= 11 is 2.07. The van der Waals surface area contributed by atoms with E-state index in [1.165, 1.54) is 29.7 Å². The fourth-order valence-corrected chi connectivity index (χ4v) is 3.71. The van der Waals surface area contributed by atoms with Crippen LogP contribution in [0.3, 0.4) is 0 Å². The number of hydrogen-bond acceptors (Lipinski definition) is 3. The first kappa shape index (κ1) is 17.2. The van der Waals surface area contributed by atoms with E-state index in [0.717, 1.165) is 24.3 Å². The predicted octanol–water partition coefficient (Wildman–Crippen LogP) is 2.78. The Kier molecular flexibility index (Phi) is 7.60. The van der Waals surface area contributed by atoms with Crippen LogP contribution in [0.1, 0.15) is 30.9 Å². The molecule has 1 atom stereocenters. The Morgan fingerprint density at radius 2 is 2.23 bits per heavy atom. The zero-order valence-electron chi connectivity index (χ0n) is 13.6. The summed E-state index contributed by atoms with van der Waals surface area (Å²) in [4.78, 5) is 4.69. The number of nitrogens with zero attached hydrogens (tertiary/aromatic N) is 1. The number of hydrogen-bond donors (Lipinski definition) is 2. The van der Waals surface area contributed by atoms with Crippen LogP contribution in [0.4, 0.5) is 0 Å². The molecule has 4 nitrogen and oxygen atoms in total. The SMILES string of the molecule is CCNC(=NCc1cccc(COC)c1)NCC1CCCS1. The summed E-state index contributed by atoms with van der Waals surface area (Å²) in [5, 5.41) is 7.52. The lowest BCUT2D eigenvalue weighted by molar-refractivity contribution is 0.185. The number of thioether (sulfide) groups is 1. The average molecular weight is 321 g/mol. The number of benzene rings is 1. The molecule has 1 aliphatic rings. The van der Waals surface area contributed by atoms with E-state index in [-0.39, 0.29) is 0 Å². The number of methoxy groups -OCH3 is 1. The molecule has 1 aromatic carbocycles. The number of ether oxygens (including phenoxy) is 1. The molecule has 0 aromatic heterocycles. The molecule has 1 aromatic rings. The highest BCUT2D eigenvalue weighted by Gasteiger charge is 2.15. The van der Waals surface area contributed by atoms with Crippen LogP contribution in [0.15, 0.2) is 29.3 Å². The Morgan fingerprint density at radius 1 is 1.36 bits per heavy atom. The van der Waals surface area contributed by atoms with Crippen molar-refractivity contribution in [2.45, 2.75) is 38.2 Å². The Bertz CT molecular complexity index is 473. The molecule has 0 saturated carbocycles. The third-order valence-corrected chi connectivity index (χ3v) is 4.99. The van der Waals surface area contributed by atoms with Gasteiger partial charge in [0, 0.05) is 25.4 Å². The molecule has 0 radical (unpaired) electrons. The van der Waals surface area contributed by atoms with Gasteiger partial charge >= 0.3 is 0 Å².